The van der Waals surface area contributed by atoms with Crippen LogP contribution in [-0.2, 0) is 24.4 Å². The van der Waals surface area contributed by atoms with E-state index in [2.05, 4.69) is 26.0 Å². The molecule has 1 saturated heterocycles. The Morgan fingerprint density at radius 1 is 0.735 bits per heavy atom. The number of hydrogen-bond acceptors (Lipinski definition) is 5. The van der Waals surface area contributed by atoms with Gasteiger partial charge in [0, 0.05) is 23.7 Å². The molecular formula is C27H26O5S2. The minimum Gasteiger partial charge on any atom is -0.360 e. The van der Waals surface area contributed by atoms with Crippen molar-refractivity contribution in [3.63, 3.8) is 0 Å². The van der Waals surface area contributed by atoms with Crippen LogP contribution in [0, 0.1) is 23.7 Å². The molecule has 5 aliphatic rings. The van der Waals surface area contributed by atoms with E-state index in [-0.39, 0.29) is 33.5 Å². The molecule has 1 aliphatic heterocycles. The van der Waals surface area contributed by atoms with Gasteiger partial charge in [0.15, 0.2) is 19.7 Å². The van der Waals surface area contributed by atoms with Crippen molar-refractivity contribution in [3.8, 4) is 0 Å². The summed E-state index contributed by atoms with van der Waals surface area (Å²) < 4.78 is 63.1. The van der Waals surface area contributed by atoms with Crippen LogP contribution in [0.3, 0.4) is 0 Å². The predicted molar refractivity (Wildman–Crippen MR) is 127 cm³/mol. The second-order valence-electron chi connectivity index (χ2n) is 10.6. The number of ether oxygens (including phenoxy) is 1. The summed E-state index contributed by atoms with van der Waals surface area (Å²) in [6.07, 6.45) is 4.91. The Morgan fingerprint density at radius 3 is 1.53 bits per heavy atom. The van der Waals surface area contributed by atoms with Crippen LogP contribution in [0.25, 0.3) is 0 Å². The molecule has 0 amide bonds. The van der Waals surface area contributed by atoms with Gasteiger partial charge < -0.3 is 4.74 Å². The zero-order valence-electron chi connectivity index (χ0n) is 19.0. The van der Waals surface area contributed by atoms with Gasteiger partial charge in [-0.15, -0.1) is 0 Å². The number of epoxide rings is 1. The number of allylic oxidation sites excluding steroid dienone is 1. The summed E-state index contributed by atoms with van der Waals surface area (Å²) in [6, 6.07) is 16.6. The molecule has 0 N–H and O–H groups in total. The van der Waals surface area contributed by atoms with Crippen molar-refractivity contribution < 1.29 is 21.6 Å². The lowest BCUT2D eigenvalue weighted by molar-refractivity contribution is 0.121. The van der Waals surface area contributed by atoms with Crippen LogP contribution >= 0.6 is 0 Å². The fourth-order valence-corrected chi connectivity index (χ4v) is 13.4. The van der Waals surface area contributed by atoms with Crippen LogP contribution in [0.1, 0.15) is 20.3 Å². The van der Waals surface area contributed by atoms with E-state index in [0.717, 1.165) is 0 Å². The van der Waals surface area contributed by atoms with E-state index in [9.17, 15) is 16.8 Å². The van der Waals surface area contributed by atoms with E-state index < -0.39 is 41.4 Å². The Labute approximate surface area is 200 Å². The van der Waals surface area contributed by atoms with Crippen LogP contribution in [0.2, 0.25) is 0 Å². The lowest BCUT2D eigenvalue weighted by Crippen LogP contribution is -2.54. The van der Waals surface area contributed by atoms with Crippen molar-refractivity contribution >= 4 is 19.7 Å². The van der Waals surface area contributed by atoms with Crippen molar-refractivity contribution in [2.75, 3.05) is 0 Å². The quantitative estimate of drug-likeness (QED) is 0.474. The first-order valence-corrected chi connectivity index (χ1v) is 14.9. The second kappa shape index (κ2) is 6.31. The lowest BCUT2D eigenvalue weighted by Gasteiger charge is -2.36. The molecular weight excluding hydrogens is 468 g/mol. The van der Waals surface area contributed by atoms with Gasteiger partial charge in [0.05, 0.1) is 20.3 Å². The first-order valence-electron chi connectivity index (χ1n) is 11.8. The average molecular weight is 495 g/mol. The van der Waals surface area contributed by atoms with Gasteiger partial charge in [-0.2, -0.15) is 0 Å². The van der Waals surface area contributed by atoms with Crippen LogP contribution in [-0.4, -0.2) is 38.5 Å². The molecule has 5 nitrogen and oxygen atoms in total. The minimum atomic E-state index is -3.92. The summed E-state index contributed by atoms with van der Waals surface area (Å²) in [5, 5.41) is -2.07. The minimum absolute atomic E-state index is 0.0337. The van der Waals surface area contributed by atoms with E-state index >= 15 is 0 Å². The molecule has 4 bridgehead atoms. The van der Waals surface area contributed by atoms with Gasteiger partial charge in [0.25, 0.3) is 0 Å². The fourth-order valence-electron chi connectivity index (χ4n) is 8.21. The standard InChI is InChI=1S/C27H26O5S2/c1-16(2)23-19-13-14-20(23)27-22-15-21(26(19,27)32-27)24(33(28,29)17-9-5-3-6-10-17)25(22)34(30,31)18-11-7-4-8-12-18/h3-14,19-22,24-25H,15H2,1-2H3/t19-,20+,21-,22+,24+,25-,26-,27+. The van der Waals surface area contributed by atoms with Crippen LogP contribution in [0.15, 0.2) is 93.8 Å². The van der Waals surface area contributed by atoms with Crippen molar-refractivity contribution in [3.05, 3.63) is 84.0 Å². The van der Waals surface area contributed by atoms with Crippen molar-refractivity contribution in [1.29, 1.82) is 0 Å². The summed E-state index contributed by atoms with van der Waals surface area (Å²) in [5.74, 6) is -0.654. The molecule has 7 rings (SSSR count). The number of fused-ring (bicyclic) bond motifs is 4. The molecule has 0 radical (unpaired) electrons. The maximum atomic E-state index is 14.1. The lowest BCUT2D eigenvalue weighted by atomic mass is 9.73. The van der Waals surface area contributed by atoms with Crippen molar-refractivity contribution in [2.24, 2.45) is 23.7 Å². The zero-order valence-corrected chi connectivity index (χ0v) is 20.6. The first-order chi connectivity index (χ1) is 16.2. The Balaban J connectivity index is 1.46. The number of rotatable bonds is 4. The summed E-state index contributed by atoms with van der Waals surface area (Å²) in [6.45, 7) is 4.18. The molecule has 1 heterocycles. The maximum absolute atomic E-state index is 14.1. The van der Waals surface area contributed by atoms with Gasteiger partial charge in [0.1, 0.15) is 11.2 Å². The molecule has 2 aromatic rings. The fraction of sp³-hybridized carbons (Fsp3) is 0.407. The molecule has 0 unspecified atom stereocenters. The van der Waals surface area contributed by atoms with E-state index in [1.54, 1.807) is 60.7 Å². The molecule has 176 valence electrons. The first kappa shape index (κ1) is 21.1. The third-order valence-corrected chi connectivity index (χ3v) is 13.9. The zero-order chi connectivity index (χ0) is 23.7. The highest BCUT2D eigenvalue weighted by atomic mass is 32.2. The smallest absolute Gasteiger partial charge is 0.182 e. The second-order valence-corrected chi connectivity index (χ2v) is 14.8. The van der Waals surface area contributed by atoms with Crippen molar-refractivity contribution in [2.45, 2.75) is 51.8 Å². The van der Waals surface area contributed by atoms with E-state index in [4.69, 9.17) is 4.74 Å². The van der Waals surface area contributed by atoms with Crippen molar-refractivity contribution in [1.82, 2.24) is 0 Å². The van der Waals surface area contributed by atoms with Crippen LogP contribution < -0.4 is 0 Å². The number of sulfone groups is 2. The van der Waals surface area contributed by atoms with Gasteiger partial charge in [-0.05, 0) is 44.5 Å². The van der Waals surface area contributed by atoms with Gasteiger partial charge in [-0.3, -0.25) is 0 Å². The predicted octanol–water partition coefficient (Wildman–Crippen LogP) is 3.98. The Morgan fingerprint density at radius 2 is 1.15 bits per heavy atom. The molecule has 2 aromatic carbocycles. The molecule has 7 heteroatoms. The monoisotopic (exact) mass is 494 g/mol. The summed E-state index contributed by atoms with van der Waals surface area (Å²) in [7, 11) is -7.83. The van der Waals surface area contributed by atoms with E-state index in [0.29, 0.717) is 6.42 Å². The topological polar surface area (TPSA) is 80.8 Å². The molecule has 4 fully saturated rings. The van der Waals surface area contributed by atoms with Gasteiger partial charge >= 0.3 is 0 Å². The third kappa shape index (κ3) is 2.12. The van der Waals surface area contributed by atoms with Crippen LogP contribution in [0.4, 0.5) is 0 Å². The normalized spacial score (nSPS) is 40.9. The SMILES string of the molecule is CC(C)=C1[C@H]2C=C[C@@H]1[C@@]13O[C@@]21[C@@H]1C[C@H]3[C@@H](S(=O)(=O)c2ccccc2)[C@H]1S(=O)(=O)c1ccccc1. The Kier molecular flexibility index (Phi) is 3.91. The molecule has 3 saturated carbocycles. The largest absolute Gasteiger partial charge is 0.360 e. The molecule has 0 spiro atoms. The maximum Gasteiger partial charge on any atom is 0.182 e. The Bertz CT molecular complexity index is 1380. The third-order valence-electron chi connectivity index (χ3n) is 9.16. The Hall–Kier alpha value is -2.22. The number of benzene rings is 2. The number of hydrogen-bond donors (Lipinski definition) is 0. The highest BCUT2D eigenvalue weighted by molar-refractivity contribution is 7.96. The highest BCUT2D eigenvalue weighted by Gasteiger charge is 2.95. The van der Waals surface area contributed by atoms with Gasteiger partial charge in [-0.25, -0.2) is 16.8 Å². The van der Waals surface area contributed by atoms with E-state index in [1.807, 2.05) is 0 Å². The highest BCUT2D eigenvalue weighted by Crippen LogP contribution is 2.85. The average Bonchev–Trinajstić information content (AvgIpc) is 3.15. The van der Waals surface area contributed by atoms with Crippen LogP contribution in [0.5, 0.6) is 0 Å². The summed E-state index contributed by atoms with van der Waals surface area (Å²) in [5.41, 5.74) is 1.33. The molecule has 8 atom stereocenters. The molecule has 0 aromatic heterocycles. The van der Waals surface area contributed by atoms with Gasteiger partial charge in [0.2, 0.25) is 0 Å². The summed E-state index contributed by atoms with van der Waals surface area (Å²) in [4.78, 5) is 0.370. The van der Waals surface area contributed by atoms with E-state index in [1.165, 1.54) is 11.1 Å². The summed E-state index contributed by atoms with van der Waals surface area (Å²) >= 11 is 0. The molecule has 34 heavy (non-hydrogen) atoms. The van der Waals surface area contributed by atoms with Gasteiger partial charge in [-0.1, -0.05) is 59.7 Å². The molecule has 4 aliphatic carbocycles.